The average Bonchev–Trinajstić information content (AvgIpc) is 3.09. The zero-order valence-corrected chi connectivity index (χ0v) is 30.2. The molecule has 0 saturated heterocycles. The number of nitrogens with zero attached hydrogens (tertiary/aromatic N) is 2. The normalized spacial score (nSPS) is 14.2. The second kappa shape index (κ2) is 20.5. The van der Waals surface area contributed by atoms with Gasteiger partial charge in [-0.05, 0) is 37.1 Å². The van der Waals surface area contributed by atoms with Crippen molar-refractivity contribution in [2.75, 3.05) is 13.1 Å². The van der Waals surface area contributed by atoms with Crippen LogP contribution in [0, 0.1) is 0 Å². The molecule has 2 aromatic rings. The second-order valence-electron chi connectivity index (χ2n) is 14.4. The van der Waals surface area contributed by atoms with Crippen LogP contribution in [-0.2, 0) is 0 Å². The van der Waals surface area contributed by atoms with Crippen LogP contribution in [-0.4, -0.2) is 46.5 Å². The van der Waals surface area contributed by atoms with E-state index in [9.17, 15) is 19.2 Å². The van der Waals surface area contributed by atoms with Gasteiger partial charge in [0.15, 0.2) is 0 Å². The van der Waals surface area contributed by atoms with Crippen molar-refractivity contribution >= 4 is 34.4 Å². The number of carbonyl (C=O) groups excluding carboxylic acids is 4. The Balaban J connectivity index is 1.23. The molecule has 6 heteroatoms. The fourth-order valence-corrected chi connectivity index (χ4v) is 7.60. The van der Waals surface area contributed by atoms with E-state index < -0.39 is 0 Å². The van der Waals surface area contributed by atoms with E-state index in [1.165, 1.54) is 125 Å². The molecule has 264 valence electrons. The van der Waals surface area contributed by atoms with E-state index in [1.807, 2.05) is 0 Å². The molecule has 0 unspecified atom stereocenters. The van der Waals surface area contributed by atoms with Crippen molar-refractivity contribution in [2.24, 2.45) is 0 Å². The Kier molecular flexibility index (Phi) is 16.1. The molecule has 0 spiro atoms. The van der Waals surface area contributed by atoms with Gasteiger partial charge >= 0.3 is 0 Å². The zero-order chi connectivity index (χ0) is 34.1. The molecule has 0 bridgehead atoms. The molecule has 0 aromatic heterocycles. The monoisotopic (exact) mass is 658 g/mol. The van der Waals surface area contributed by atoms with Crippen molar-refractivity contribution in [1.82, 2.24) is 9.80 Å². The summed E-state index contributed by atoms with van der Waals surface area (Å²) in [5.74, 6) is -1.28. The van der Waals surface area contributed by atoms with Crippen LogP contribution < -0.4 is 0 Å². The lowest BCUT2D eigenvalue weighted by Crippen LogP contribution is -2.43. The van der Waals surface area contributed by atoms with Crippen LogP contribution >= 0.6 is 0 Å². The van der Waals surface area contributed by atoms with Crippen molar-refractivity contribution in [3.63, 3.8) is 0 Å². The number of amides is 4. The number of carbonyl (C=O) groups is 4. The molecule has 2 aromatic carbocycles. The SMILES string of the molecule is CCCCCCCCCCCCCCN1C(=O)c2ccc3c4c(ccc(c24)C1=O)C(=O)N(CCCCCCCCCCCCCC)C3=O. The molecule has 2 heterocycles. The Morgan fingerprint density at radius 3 is 0.771 bits per heavy atom. The quantitative estimate of drug-likeness (QED) is 0.0744. The maximum atomic E-state index is 13.6. The highest BCUT2D eigenvalue weighted by molar-refractivity contribution is 6.33. The highest BCUT2D eigenvalue weighted by atomic mass is 16.2. The Bertz CT molecular complexity index is 1190. The average molecular weight is 659 g/mol. The molecular weight excluding hydrogens is 596 g/mol. The standard InChI is InChI=1S/C42H62N2O4/c1-3-5-7-9-11-13-15-17-19-21-23-25-31-43-39(45)33-27-29-35-38-36(30-28-34(37(33)38)40(43)46)42(48)44(41(35)47)32-26-24-22-20-18-16-14-12-10-8-6-4-2/h27-30H,3-26,31-32H2,1-2H3. The minimum atomic E-state index is -0.321. The fourth-order valence-electron chi connectivity index (χ4n) is 7.60. The third-order valence-electron chi connectivity index (χ3n) is 10.5. The van der Waals surface area contributed by atoms with E-state index in [0.29, 0.717) is 46.1 Å². The van der Waals surface area contributed by atoms with Crippen LogP contribution in [0.3, 0.4) is 0 Å². The van der Waals surface area contributed by atoms with Crippen LogP contribution in [0.2, 0.25) is 0 Å². The van der Waals surface area contributed by atoms with Gasteiger partial charge in [-0.3, -0.25) is 29.0 Å². The topological polar surface area (TPSA) is 74.8 Å². The summed E-state index contributed by atoms with van der Waals surface area (Å²) in [6.07, 6.45) is 29.3. The highest BCUT2D eigenvalue weighted by Crippen LogP contribution is 2.38. The van der Waals surface area contributed by atoms with Gasteiger partial charge in [-0.1, -0.05) is 155 Å². The molecule has 0 radical (unpaired) electrons. The third-order valence-corrected chi connectivity index (χ3v) is 10.5. The molecule has 2 aliphatic rings. The molecule has 6 nitrogen and oxygen atoms in total. The first kappa shape index (κ1) is 37.8. The van der Waals surface area contributed by atoms with Crippen LogP contribution in [0.25, 0.3) is 10.8 Å². The number of benzene rings is 2. The Labute approximate surface area is 290 Å². The van der Waals surface area contributed by atoms with Crippen molar-refractivity contribution in [1.29, 1.82) is 0 Å². The van der Waals surface area contributed by atoms with Gasteiger partial charge in [0.25, 0.3) is 23.6 Å². The van der Waals surface area contributed by atoms with Gasteiger partial charge in [0.05, 0.1) is 0 Å². The lowest BCUT2D eigenvalue weighted by molar-refractivity contribution is 0.0586. The van der Waals surface area contributed by atoms with Gasteiger partial charge in [-0.2, -0.15) is 0 Å². The molecule has 2 aliphatic heterocycles. The highest BCUT2D eigenvalue weighted by Gasteiger charge is 2.39. The molecule has 4 rings (SSSR count). The van der Waals surface area contributed by atoms with Crippen molar-refractivity contribution in [3.8, 4) is 0 Å². The number of rotatable bonds is 26. The first-order valence-electron chi connectivity index (χ1n) is 19.8. The fraction of sp³-hybridized carbons (Fsp3) is 0.667. The third kappa shape index (κ3) is 10.0. The van der Waals surface area contributed by atoms with E-state index in [0.717, 1.165) is 38.5 Å². The van der Waals surface area contributed by atoms with E-state index in [4.69, 9.17) is 0 Å². The first-order chi connectivity index (χ1) is 23.5. The minimum Gasteiger partial charge on any atom is -0.274 e. The number of unbranched alkanes of at least 4 members (excludes halogenated alkanes) is 22. The summed E-state index contributed by atoms with van der Waals surface area (Å²) in [7, 11) is 0. The number of hydrogen-bond donors (Lipinski definition) is 0. The summed E-state index contributed by atoms with van der Waals surface area (Å²) in [5.41, 5.74) is 1.66. The lowest BCUT2D eigenvalue weighted by Gasteiger charge is -2.32. The summed E-state index contributed by atoms with van der Waals surface area (Å²) >= 11 is 0. The predicted octanol–water partition coefficient (Wildman–Crippen LogP) is 11.4. The largest absolute Gasteiger partial charge is 0.274 e. The second-order valence-corrected chi connectivity index (χ2v) is 14.4. The molecule has 0 saturated carbocycles. The summed E-state index contributed by atoms with van der Waals surface area (Å²) in [6, 6.07) is 6.74. The maximum Gasteiger partial charge on any atom is 0.261 e. The van der Waals surface area contributed by atoms with Crippen LogP contribution in [0.5, 0.6) is 0 Å². The van der Waals surface area contributed by atoms with E-state index in [1.54, 1.807) is 24.3 Å². The number of imide groups is 2. The Morgan fingerprint density at radius 2 is 0.542 bits per heavy atom. The maximum absolute atomic E-state index is 13.6. The summed E-state index contributed by atoms with van der Waals surface area (Å²) in [4.78, 5) is 57.0. The molecular formula is C42H62N2O4. The van der Waals surface area contributed by atoms with Crippen molar-refractivity contribution in [3.05, 3.63) is 46.5 Å². The molecule has 48 heavy (non-hydrogen) atoms. The predicted molar refractivity (Wildman–Crippen MR) is 197 cm³/mol. The molecule has 0 aliphatic carbocycles. The summed E-state index contributed by atoms with van der Waals surface area (Å²) in [6.45, 7) is 5.29. The first-order valence-corrected chi connectivity index (χ1v) is 19.8. The molecule has 0 atom stereocenters. The van der Waals surface area contributed by atoms with Gasteiger partial charge < -0.3 is 0 Å². The molecule has 0 N–H and O–H groups in total. The van der Waals surface area contributed by atoms with E-state index >= 15 is 0 Å². The van der Waals surface area contributed by atoms with Crippen LogP contribution in [0.15, 0.2) is 24.3 Å². The van der Waals surface area contributed by atoms with Crippen LogP contribution in [0.1, 0.15) is 209 Å². The van der Waals surface area contributed by atoms with Gasteiger partial charge in [0, 0.05) is 46.1 Å². The van der Waals surface area contributed by atoms with Gasteiger partial charge in [-0.25, -0.2) is 0 Å². The zero-order valence-electron chi connectivity index (χ0n) is 30.2. The summed E-state index contributed by atoms with van der Waals surface area (Å²) < 4.78 is 0. The van der Waals surface area contributed by atoms with Crippen LogP contribution in [0.4, 0.5) is 0 Å². The van der Waals surface area contributed by atoms with Gasteiger partial charge in [0.2, 0.25) is 0 Å². The van der Waals surface area contributed by atoms with Gasteiger partial charge in [0.1, 0.15) is 0 Å². The van der Waals surface area contributed by atoms with Crippen molar-refractivity contribution < 1.29 is 19.2 Å². The van der Waals surface area contributed by atoms with E-state index in [2.05, 4.69) is 13.8 Å². The summed E-state index contributed by atoms with van der Waals surface area (Å²) in [5, 5.41) is 0.940. The van der Waals surface area contributed by atoms with Gasteiger partial charge in [-0.15, -0.1) is 0 Å². The van der Waals surface area contributed by atoms with Crippen molar-refractivity contribution in [2.45, 2.75) is 168 Å². The molecule has 4 amide bonds. The number of hydrogen-bond acceptors (Lipinski definition) is 4. The minimum absolute atomic E-state index is 0.321. The molecule has 0 fully saturated rings. The lowest BCUT2D eigenvalue weighted by atomic mass is 9.86. The van der Waals surface area contributed by atoms with E-state index in [-0.39, 0.29) is 23.6 Å². The smallest absolute Gasteiger partial charge is 0.261 e. The Hall–Kier alpha value is -3.02. The Morgan fingerprint density at radius 1 is 0.333 bits per heavy atom.